The highest BCUT2D eigenvalue weighted by Crippen LogP contribution is 2.26. The summed E-state index contributed by atoms with van der Waals surface area (Å²) in [6.45, 7) is 3.73. The molecule has 0 saturated carbocycles. The van der Waals surface area contributed by atoms with E-state index >= 15 is 0 Å². The number of carbonyl (C=O) groups excluding carboxylic acids is 1. The van der Waals surface area contributed by atoms with Crippen LogP contribution in [0, 0.1) is 11.8 Å². The Bertz CT molecular complexity index is 1190. The molecule has 0 aliphatic heterocycles. The van der Waals surface area contributed by atoms with Gasteiger partial charge in [0.25, 0.3) is 0 Å². The van der Waals surface area contributed by atoms with E-state index < -0.39 is 5.97 Å². The molecule has 0 heterocycles. The Morgan fingerprint density at radius 2 is 1.68 bits per heavy atom. The van der Waals surface area contributed by atoms with Crippen LogP contribution in [0.15, 0.2) is 66.7 Å². The van der Waals surface area contributed by atoms with Crippen molar-refractivity contribution < 1.29 is 14.7 Å². The van der Waals surface area contributed by atoms with Gasteiger partial charge in [0.2, 0.25) is 5.91 Å². The third kappa shape index (κ3) is 7.61. The van der Waals surface area contributed by atoms with Crippen LogP contribution in [0.5, 0.6) is 0 Å². The lowest BCUT2D eigenvalue weighted by Crippen LogP contribution is -2.39. The summed E-state index contributed by atoms with van der Waals surface area (Å²) in [5.41, 5.74) is 2.09. The number of carboxylic acids is 1. The number of hydrogen-bond donors (Lipinski definition) is 2. The molecule has 0 fully saturated rings. The molecule has 3 rings (SSSR count). The van der Waals surface area contributed by atoms with E-state index in [-0.39, 0.29) is 36.6 Å². The number of carboxylic acid groups (broad SMARTS) is 1. The fourth-order valence-corrected chi connectivity index (χ4v) is 4.32. The number of amides is 1. The van der Waals surface area contributed by atoms with E-state index in [0.29, 0.717) is 16.5 Å². The molecule has 178 valence electrons. The molecule has 3 aromatic rings. The molecule has 2 N–H and O–H groups in total. The van der Waals surface area contributed by atoms with E-state index in [1.54, 1.807) is 13.0 Å². The summed E-state index contributed by atoms with van der Waals surface area (Å²) in [5, 5.41) is 15.4. The lowest BCUT2D eigenvalue weighted by atomic mass is 9.91. The molecule has 0 aliphatic carbocycles. The number of hydrogen-bond acceptors (Lipinski definition) is 2. The average molecular weight is 498 g/mol. The molecule has 0 radical (unpaired) electrons. The smallest absolute Gasteiger partial charge is 0.303 e. The van der Waals surface area contributed by atoms with Crippen LogP contribution >= 0.6 is 23.2 Å². The largest absolute Gasteiger partial charge is 0.481 e. The Morgan fingerprint density at radius 3 is 2.38 bits per heavy atom. The quantitative estimate of drug-likeness (QED) is 0.316. The van der Waals surface area contributed by atoms with Gasteiger partial charge in [0.15, 0.2) is 0 Å². The number of rotatable bonds is 10. The van der Waals surface area contributed by atoms with E-state index in [0.717, 1.165) is 11.1 Å². The van der Waals surface area contributed by atoms with Crippen LogP contribution in [0.25, 0.3) is 16.8 Å². The molecular formula is C28H29Cl2NO3. The first-order chi connectivity index (χ1) is 16.2. The van der Waals surface area contributed by atoms with Crippen LogP contribution in [-0.4, -0.2) is 23.0 Å². The minimum absolute atomic E-state index is 0.0116. The zero-order valence-corrected chi connectivity index (χ0v) is 20.8. The molecular weight excluding hydrogens is 469 g/mol. The van der Waals surface area contributed by atoms with Crippen molar-refractivity contribution >= 4 is 51.9 Å². The van der Waals surface area contributed by atoms with Gasteiger partial charge in [0, 0.05) is 24.8 Å². The van der Waals surface area contributed by atoms with Gasteiger partial charge < -0.3 is 10.4 Å². The Kier molecular flexibility index (Phi) is 9.14. The van der Waals surface area contributed by atoms with E-state index in [1.165, 1.54) is 10.8 Å². The number of aliphatic carboxylic acids is 1. The van der Waals surface area contributed by atoms with Crippen molar-refractivity contribution in [1.82, 2.24) is 5.32 Å². The predicted octanol–water partition coefficient (Wildman–Crippen LogP) is 7.02. The highest BCUT2D eigenvalue weighted by molar-refractivity contribution is 6.42. The van der Waals surface area contributed by atoms with Gasteiger partial charge in [-0.1, -0.05) is 84.7 Å². The molecule has 0 bridgehead atoms. The Hall–Kier alpha value is -2.82. The molecule has 0 aromatic heterocycles. The maximum absolute atomic E-state index is 12.6. The summed E-state index contributed by atoms with van der Waals surface area (Å²) in [6, 6.07) is 19.9. The van der Waals surface area contributed by atoms with Gasteiger partial charge in [-0.15, -0.1) is 0 Å². The number of carbonyl (C=O) groups is 2. The first-order valence-corrected chi connectivity index (χ1v) is 12.1. The van der Waals surface area contributed by atoms with Crippen molar-refractivity contribution in [3.63, 3.8) is 0 Å². The Morgan fingerprint density at radius 1 is 0.941 bits per heavy atom. The summed E-state index contributed by atoms with van der Waals surface area (Å²) < 4.78 is 0. The summed E-state index contributed by atoms with van der Waals surface area (Å²) >= 11 is 12.3. The fraction of sp³-hybridized carbons (Fsp3) is 0.286. The van der Waals surface area contributed by atoms with Crippen molar-refractivity contribution in [3.8, 4) is 0 Å². The lowest BCUT2D eigenvalue weighted by molar-refractivity contribution is -0.138. The highest BCUT2D eigenvalue weighted by atomic mass is 35.5. The fourth-order valence-electron chi connectivity index (χ4n) is 4.00. The molecule has 4 nitrogen and oxygen atoms in total. The Balaban J connectivity index is 1.78. The van der Waals surface area contributed by atoms with Crippen molar-refractivity contribution in [2.75, 3.05) is 0 Å². The minimum atomic E-state index is -0.899. The van der Waals surface area contributed by atoms with E-state index in [4.69, 9.17) is 28.3 Å². The second-order valence-corrected chi connectivity index (χ2v) is 9.66. The number of nitrogens with one attached hydrogen (secondary N) is 1. The molecule has 0 aliphatic rings. The number of fused-ring (bicyclic) bond motifs is 1. The summed E-state index contributed by atoms with van der Waals surface area (Å²) in [7, 11) is 0. The molecule has 3 aromatic carbocycles. The van der Waals surface area contributed by atoms with E-state index in [2.05, 4.69) is 47.8 Å². The van der Waals surface area contributed by atoms with Crippen LogP contribution in [0.1, 0.15) is 37.8 Å². The Labute approximate surface area is 210 Å². The predicted molar refractivity (Wildman–Crippen MR) is 140 cm³/mol. The second-order valence-electron chi connectivity index (χ2n) is 8.85. The third-order valence-corrected chi connectivity index (χ3v) is 6.59. The second kappa shape index (κ2) is 12.0. The van der Waals surface area contributed by atoms with E-state index in [9.17, 15) is 9.59 Å². The monoisotopic (exact) mass is 497 g/mol. The zero-order chi connectivity index (χ0) is 24.7. The van der Waals surface area contributed by atoms with Gasteiger partial charge in [0.1, 0.15) is 0 Å². The molecule has 1 amide bonds. The van der Waals surface area contributed by atoms with Crippen LogP contribution < -0.4 is 5.32 Å². The van der Waals surface area contributed by atoms with Crippen LogP contribution in [0.2, 0.25) is 10.0 Å². The van der Waals surface area contributed by atoms with Gasteiger partial charge in [-0.2, -0.15) is 0 Å². The summed E-state index contributed by atoms with van der Waals surface area (Å²) in [6.07, 6.45) is 4.98. The SMILES string of the molecule is C[C@@H](CC(=O)O)CC(=O)N[C@@H](C)[C@H](/C=C/c1ccc2ccccc2c1)Cc1ccc(Cl)c(Cl)c1. The van der Waals surface area contributed by atoms with Crippen LogP contribution in [0.3, 0.4) is 0 Å². The zero-order valence-electron chi connectivity index (χ0n) is 19.3. The average Bonchev–Trinajstić information content (AvgIpc) is 2.78. The number of benzene rings is 3. The van der Waals surface area contributed by atoms with Gasteiger partial charge in [-0.25, -0.2) is 0 Å². The molecule has 3 atom stereocenters. The van der Waals surface area contributed by atoms with Crippen LogP contribution in [0.4, 0.5) is 0 Å². The molecule has 0 unspecified atom stereocenters. The molecule has 34 heavy (non-hydrogen) atoms. The van der Waals surface area contributed by atoms with Crippen molar-refractivity contribution in [1.29, 1.82) is 0 Å². The van der Waals surface area contributed by atoms with Gasteiger partial charge in [-0.05, 0) is 59.4 Å². The maximum atomic E-state index is 12.6. The minimum Gasteiger partial charge on any atom is -0.481 e. The standard InChI is InChI=1S/C28H29Cl2NO3/c1-18(14-28(33)34)13-27(32)31-19(2)23(16-21-9-12-25(29)26(30)17-21)11-8-20-7-10-22-5-3-4-6-24(22)15-20/h3-12,15,17-19,23H,13-14,16H2,1-2H3,(H,31,32)(H,33,34)/b11-8+/t18-,19+,23-/m1/s1. The van der Waals surface area contributed by atoms with Crippen molar-refractivity contribution in [2.24, 2.45) is 11.8 Å². The summed E-state index contributed by atoms with van der Waals surface area (Å²) in [4.78, 5) is 23.5. The first kappa shape index (κ1) is 25.8. The third-order valence-electron chi connectivity index (χ3n) is 5.85. The van der Waals surface area contributed by atoms with Crippen molar-refractivity contribution in [2.45, 2.75) is 39.2 Å². The topological polar surface area (TPSA) is 66.4 Å². The number of halogens is 2. The van der Waals surface area contributed by atoms with Crippen molar-refractivity contribution in [3.05, 3.63) is 87.9 Å². The normalized spacial score (nSPS) is 14.1. The summed E-state index contributed by atoms with van der Waals surface area (Å²) in [5.74, 6) is -1.29. The molecule has 0 spiro atoms. The molecule has 0 saturated heterocycles. The van der Waals surface area contributed by atoms with E-state index in [1.807, 2.05) is 31.2 Å². The van der Waals surface area contributed by atoms with Gasteiger partial charge in [-0.3, -0.25) is 9.59 Å². The molecule has 6 heteroatoms. The lowest BCUT2D eigenvalue weighted by Gasteiger charge is -2.23. The highest BCUT2D eigenvalue weighted by Gasteiger charge is 2.20. The first-order valence-electron chi connectivity index (χ1n) is 11.3. The maximum Gasteiger partial charge on any atom is 0.303 e. The van der Waals surface area contributed by atoms with Crippen LogP contribution in [-0.2, 0) is 16.0 Å². The van der Waals surface area contributed by atoms with Gasteiger partial charge in [0.05, 0.1) is 10.0 Å². The van der Waals surface area contributed by atoms with Gasteiger partial charge >= 0.3 is 5.97 Å².